The highest BCUT2D eigenvalue weighted by Crippen LogP contribution is 2.46. The summed E-state index contributed by atoms with van der Waals surface area (Å²) in [5.74, 6) is 0.00935. The quantitative estimate of drug-likeness (QED) is 0.0998. The molecule has 4 atom stereocenters. The molecule has 1 N–H and O–H groups in total. The van der Waals surface area contributed by atoms with Gasteiger partial charge in [-0.05, 0) is 65.9 Å². The fraction of sp³-hybridized carbons (Fsp3) is 0.439. The van der Waals surface area contributed by atoms with Crippen LogP contribution in [0.2, 0.25) is 0 Å². The van der Waals surface area contributed by atoms with Crippen LogP contribution < -0.4 is 14.2 Å². The lowest BCUT2D eigenvalue weighted by Crippen LogP contribution is -2.49. The highest BCUT2D eigenvalue weighted by atomic mass is 16.7. The SMILES string of the molecule is COc1ccc(C(OCC2(CO)CCN(C(=O)COCCON3C(=O)C4C5C=CC(O5)C4C3=O)CC2)(c2ccc(OC)cc2)c2ccc(OC)cc2)cc1. The maximum Gasteiger partial charge on any atom is 0.260 e. The average molecular weight is 743 g/mol. The van der Waals surface area contributed by atoms with Gasteiger partial charge in [0.2, 0.25) is 5.91 Å². The van der Waals surface area contributed by atoms with E-state index in [0.29, 0.717) is 43.2 Å². The van der Waals surface area contributed by atoms with Gasteiger partial charge in [0.25, 0.3) is 11.8 Å². The van der Waals surface area contributed by atoms with E-state index in [4.69, 9.17) is 33.3 Å². The standard InChI is InChI=1S/C41H46N2O11/c1-48-30-10-4-27(5-11-30)41(28-6-12-31(49-2)13-7-28,29-8-14-32(50-3)15-9-29)52-26-40(25-44)18-20-42(21-19-40)35(45)24-51-22-23-53-43-38(46)36-33-16-17-34(54-33)37(36)39(43)47/h4-17,33-34,36-37,44H,18-26H2,1-3H3. The highest BCUT2D eigenvalue weighted by Gasteiger charge is 2.61. The Morgan fingerprint density at radius 3 is 1.65 bits per heavy atom. The van der Waals surface area contributed by atoms with E-state index in [1.54, 1.807) is 26.2 Å². The van der Waals surface area contributed by atoms with Crippen molar-refractivity contribution in [1.82, 2.24) is 9.96 Å². The van der Waals surface area contributed by atoms with Crippen molar-refractivity contribution >= 4 is 17.7 Å². The molecule has 0 aliphatic carbocycles. The van der Waals surface area contributed by atoms with E-state index in [1.807, 2.05) is 84.9 Å². The number of hydrogen-bond donors (Lipinski definition) is 1. The van der Waals surface area contributed by atoms with Crippen molar-refractivity contribution in [3.63, 3.8) is 0 Å². The van der Waals surface area contributed by atoms with Crippen molar-refractivity contribution in [2.24, 2.45) is 17.3 Å². The summed E-state index contributed by atoms with van der Waals surface area (Å²) in [6.07, 6.45) is 3.85. The van der Waals surface area contributed by atoms with Crippen LogP contribution in [0.5, 0.6) is 17.2 Å². The van der Waals surface area contributed by atoms with Crippen LogP contribution in [0.25, 0.3) is 0 Å². The Morgan fingerprint density at radius 2 is 1.22 bits per heavy atom. The molecule has 0 radical (unpaired) electrons. The molecule has 286 valence electrons. The first-order chi connectivity index (χ1) is 26.3. The average Bonchev–Trinajstić information content (AvgIpc) is 3.92. The molecule has 0 saturated carbocycles. The molecule has 13 heteroatoms. The minimum atomic E-state index is -1.09. The monoisotopic (exact) mass is 742 g/mol. The third-order valence-corrected chi connectivity index (χ3v) is 11.1. The van der Waals surface area contributed by atoms with E-state index in [1.165, 1.54) is 0 Å². The van der Waals surface area contributed by atoms with Crippen LogP contribution >= 0.6 is 0 Å². The van der Waals surface area contributed by atoms with Crippen molar-refractivity contribution in [1.29, 1.82) is 0 Å². The first kappa shape index (κ1) is 37.5. The molecule has 4 unspecified atom stereocenters. The smallest absolute Gasteiger partial charge is 0.260 e. The van der Waals surface area contributed by atoms with Gasteiger partial charge < -0.3 is 38.4 Å². The van der Waals surface area contributed by atoms with Crippen molar-refractivity contribution in [3.8, 4) is 17.2 Å². The fourth-order valence-electron chi connectivity index (χ4n) is 7.91. The van der Waals surface area contributed by atoms with Gasteiger partial charge in [-0.15, -0.1) is 0 Å². The predicted molar refractivity (Wildman–Crippen MR) is 194 cm³/mol. The Labute approximate surface area is 314 Å². The van der Waals surface area contributed by atoms with Crippen LogP contribution in [0.4, 0.5) is 0 Å². The number of fused-ring (bicyclic) bond motifs is 5. The lowest BCUT2D eigenvalue weighted by Gasteiger charge is -2.44. The fourth-order valence-corrected chi connectivity index (χ4v) is 7.91. The Balaban J connectivity index is 0.995. The molecule has 0 spiro atoms. The second kappa shape index (κ2) is 15.9. The van der Waals surface area contributed by atoms with E-state index >= 15 is 0 Å². The van der Waals surface area contributed by atoms with E-state index in [2.05, 4.69) is 0 Å². The van der Waals surface area contributed by atoms with Crippen molar-refractivity contribution < 1.29 is 52.7 Å². The third kappa shape index (κ3) is 6.98. The number of ether oxygens (including phenoxy) is 6. The van der Waals surface area contributed by atoms with Crippen LogP contribution in [0.15, 0.2) is 84.9 Å². The van der Waals surface area contributed by atoms with Gasteiger partial charge in [-0.2, -0.15) is 5.06 Å². The van der Waals surface area contributed by atoms with Gasteiger partial charge in [-0.3, -0.25) is 19.2 Å². The molecule has 3 aromatic carbocycles. The van der Waals surface area contributed by atoms with Crippen molar-refractivity contribution in [3.05, 3.63) is 102 Å². The van der Waals surface area contributed by atoms with Crippen molar-refractivity contribution in [2.45, 2.75) is 30.7 Å². The number of hydroxylamine groups is 2. The molecule has 3 amide bonds. The van der Waals surface area contributed by atoms with Gasteiger partial charge in [0.15, 0.2) is 0 Å². The summed E-state index contributed by atoms with van der Waals surface area (Å²) in [7, 11) is 4.87. The number of benzene rings is 3. The molecular weight excluding hydrogens is 696 g/mol. The lowest BCUT2D eigenvalue weighted by molar-refractivity contribution is -0.195. The van der Waals surface area contributed by atoms with Crippen molar-refractivity contribution in [2.75, 3.05) is 67.5 Å². The van der Waals surface area contributed by atoms with Crippen LogP contribution in [-0.2, 0) is 39.0 Å². The predicted octanol–water partition coefficient (Wildman–Crippen LogP) is 3.51. The Bertz CT molecular complexity index is 1680. The topological polar surface area (TPSA) is 143 Å². The maximum atomic E-state index is 13.2. The van der Waals surface area contributed by atoms with E-state index < -0.39 is 46.9 Å². The molecule has 3 aromatic rings. The Hall–Kier alpha value is -4.79. The van der Waals surface area contributed by atoms with Crippen LogP contribution in [0.3, 0.4) is 0 Å². The number of piperidine rings is 1. The minimum Gasteiger partial charge on any atom is -0.497 e. The number of carbonyl (C=O) groups excluding carboxylic acids is 3. The number of aliphatic hydroxyl groups excluding tert-OH is 1. The molecule has 4 heterocycles. The number of carbonyl (C=O) groups is 3. The van der Waals surface area contributed by atoms with Crippen LogP contribution in [-0.4, -0.2) is 112 Å². The number of methoxy groups -OCH3 is 3. The molecule has 0 aromatic heterocycles. The second-order valence-electron chi connectivity index (χ2n) is 14.1. The Morgan fingerprint density at radius 1 is 0.759 bits per heavy atom. The summed E-state index contributed by atoms with van der Waals surface area (Å²) in [6, 6.07) is 23.2. The Kier molecular flexibility index (Phi) is 11.0. The molecular formula is C41H46N2O11. The largest absolute Gasteiger partial charge is 0.497 e. The zero-order valence-corrected chi connectivity index (χ0v) is 30.7. The molecule has 54 heavy (non-hydrogen) atoms. The van der Waals surface area contributed by atoms with Gasteiger partial charge in [0.1, 0.15) is 29.5 Å². The molecule has 4 aliphatic heterocycles. The molecule has 4 aliphatic rings. The number of aliphatic hydroxyl groups is 1. The third-order valence-electron chi connectivity index (χ3n) is 11.1. The number of nitrogens with zero attached hydrogens (tertiary/aromatic N) is 2. The minimum absolute atomic E-state index is 0.0200. The zero-order valence-electron chi connectivity index (χ0n) is 30.7. The highest BCUT2D eigenvalue weighted by molar-refractivity contribution is 6.05. The summed E-state index contributed by atoms with van der Waals surface area (Å²) in [5.41, 5.74) is 0.859. The first-order valence-corrected chi connectivity index (χ1v) is 18.1. The van der Waals surface area contributed by atoms with E-state index in [-0.39, 0.29) is 38.9 Å². The number of hydrogen-bond acceptors (Lipinski definition) is 11. The van der Waals surface area contributed by atoms with Gasteiger partial charge in [-0.25, -0.2) is 0 Å². The van der Waals surface area contributed by atoms with Gasteiger partial charge in [0.05, 0.1) is 71.8 Å². The van der Waals surface area contributed by atoms with Gasteiger partial charge in [0, 0.05) is 18.5 Å². The molecule has 2 bridgehead atoms. The number of rotatable bonds is 16. The van der Waals surface area contributed by atoms with Gasteiger partial charge >= 0.3 is 0 Å². The summed E-state index contributed by atoms with van der Waals surface area (Å²) in [4.78, 5) is 45.9. The molecule has 3 fully saturated rings. The normalized spacial score (nSPS) is 22.8. The molecule has 3 saturated heterocycles. The second-order valence-corrected chi connectivity index (χ2v) is 14.1. The molecule has 13 nitrogen and oxygen atoms in total. The zero-order chi connectivity index (χ0) is 37.9. The summed E-state index contributed by atoms with van der Waals surface area (Å²) >= 11 is 0. The number of amides is 3. The van der Waals surface area contributed by atoms with Crippen LogP contribution in [0.1, 0.15) is 29.5 Å². The number of likely N-dealkylation sites (tertiary alicyclic amines) is 1. The van der Waals surface area contributed by atoms with Gasteiger partial charge in [-0.1, -0.05) is 48.6 Å². The summed E-state index contributed by atoms with van der Waals surface area (Å²) in [6.45, 7) is 0.650. The maximum absolute atomic E-state index is 13.2. The van der Waals surface area contributed by atoms with Crippen LogP contribution in [0, 0.1) is 17.3 Å². The summed E-state index contributed by atoms with van der Waals surface area (Å²) in [5, 5.41) is 11.7. The summed E-state index contributed by atoms with van der Waals surface area (Å²) < 4.78 is 34.8. The first-order valence-electron chi connectivity index (χ1n) is 18.1. The van der Waals surface area contributed by atoms with E-state index in [9.17, 15) is 19.5 Å². The number of imide groups is 1. The lowest BCUT2D eigenvalue weighted by atomic mass is 9.77. The van der Waals surface area contributed by atoms with E-state index in [0.717, 1.165) is 21.8 Å². The molecule has 7 rings (SSSR count).